The average Bonchev–Trinajstić information content (AvgIpc) is 2.28. The third-order valence-corrected chi connectivity index (χ3v) is 2.55. The van der Waals surface area contributed by atoms with E-state index in [0.717, 1.165) is 6.42 Å². The molecule has 0 saturated carbocycles. The molecule has 0 bridgehead atoms. The fourth-order valence-corrected chi connectivity index (χ4v) is 1.71. The summed E-state index contributed by atoms with van der Waals surface area (Å²) in [6.45, 7) is 5.93. The number of allylic oxidation sites excluding steroid dienone is 2. The molecule has 0 fully saturated rings. The van der Waals surface area contributed by atoms with Crippen LogP contribution in [-0.2, 0) is 0 Å². The lowest BCUT2D eigenvalue weighted by atomic mass is 10.1. The fraction of sp³-hybridized carbons (Fsp3) is 0.125. The van der Waals surface area contributed by atoms with Gasteiger partial charge in [-0.15, -0.1) is 0 Å². The van der Waals surface area contributed by atoms with Gasteiger partial charge in [-0.3, -0.25) is 0 Å². The zero-order valence-corrected chi connectivity index (χ0v) is 9.61. The van der Waals surface area contributed by atoms with Gasteiger partial charge in [0, 0.05) is 0 Å². The molecule has 0 unspecified atom stereocenters. The lowest BCUT2D eigenvalue weighted by Crippen LogP contribution is -1.75. The average molecular weight is 208 g/mol. The van der Waals surface area contributed by atoms with Gasteiger partial charge in [0.15, 0.2) is 0 Å². The molecule has 0 nitrogen and oxygen atoms in total. The van der Waals surface area contributed by atoms with E-state index in [1.165, 1.54) is 21.9 Å². The first-order chi connectivity index (χ1) is 7.75. The molecule has 2 aromatic rings. The molecule has 0 aliphatic heterocycles. The van der Waals surface area contributed by atoms with Crippen molar-refractivity contribution in [3.8, 4) is 0 Å². The van der Waals surface area contributed by atoms with E-state index in [9.17, 15) is 0 Å². The maximum atomic E-state index is 3.88. The molecule has 0 N–H and O–H groups in total. The second-order valence-corrected chi connectivity index (χ2v) is 4.17. The lowest BCUT2D eigenvalue weighted by molar-refractivity contribution is 1.23. The number of fused-ring (bicyclic) bond motifs is 1. The van der Waals surface area contributed by atoms with Crippen molar-refractivity contribution in [2.24, 2.45) is 0 Å². The summed E-state index contributed by atoms with van der Waals surface area (Å²) in [6, 6.07) is 14.9. The Balaban J connectivity index is 2.26. The first kappa shape index (κ1) is 10.7. The van der Waals surface area contributed by atoms with Crippen molar-refractivity contribution < 1.29 is 0 Å². The van der Waals surface area contributed by atoms with Crippen LogP contribution in [0.3, 0.4) is 0 Å². The molecule has 0 amide bonds. The summed E-state index contributed by atoms with van der Waals surface area (Å²) < 4.78 is 0. The van der Waals surface area contributed by atoms with E-state index in [2.05, 4.69) is 61.2 Å². The Bertz CT molecular complexity index is 532. The number of rotatable bonds is 3. The summed E-state index contributed by atoms with van der Waals surface area (Å²) in [4.78, 5) is 0. The summed E-state index contributed by atoms with van der Waals surface area (Å²) in [5.74, 6) is 0. The third-order valence-electron chi connectivity index (χ3n) is 2.55. The van der Waals surface area contributed by atoms with E-state index >= 15 is 0 Å². The highest BCUT2D eigenvalue weighted by atomic mass is 14.0. The van der Waals surface area contributed by atoms with Crippen LogP contribution in [0.4, 0.5) is 0 Å². The summed E-state index contributed by atoms with van der Waals surface area (Å²) >= 11 is 0. The predicted octanol–water partition coefficient (Wildman–Crippen LogP) is 4.82. The quantitative estimate of drug-likeness (QED) is 0.634. The topological polar surface area (TPSA) is 0 Å². The van der Waals surface area contributed by atoms with Crippen LogP contribution in [-0.4, -0.2) is 0 Å². The Kier molecular flexibility index (Phi) is 3.21. The summed E-state index contributed by atoms with van der Waals surface area (Å²) in [5.41, 5.74) is 2.44. The summed E-state index contributed by atoms with van der Waals surface area (Å²) in [7, 11) is 0. The SMILES string of the molecule is C=C(C)C/C=C/c1ccc2ccccc2c1. The minimum Gasteiger partial charge on any atom is -0.0998 e. The Morgan fingerprint density at radius 1 is 1.12 bits per heavy atom. The minimum atomic E-state index is 0.951. The largest absolute Gasteiger partial charge is 0.0998 e. The van der Waals surface area contributed by atoms with Crippen LogP contribution < -0.4 is 0 Å². The van der Waals surface area contributed by atoms with Crippen molar-refractivity contribution in [2.75, 3.05) is 0 Å². The zero-order chi connectivity index (χ0) is 11.4. The molecule has 0 heterocycles. The lowest BCUT2D eigenvalue weighted by Gasteiger charge is -1.99. The normalized spacial score (nSPS) is 11.1. The Labute approximate surface area is 96.9 Å². The van der Waals surface area contributed by atoms with Crippen LogP contribution in [0.1, 0.15) is 18.9 Å². The number of benzene rings is 2. The van der Waals surface area contributed by atoms with E-state index in [4.69, 9.17) is 0 Å². The van der Waals surface area contributed by atoms with Crippen LogP contribution in [0.25, 0.3) is 16.8 Å². The van der Waals surface area contributed by atoms with Gasteiger partial charge in [0.05, 0.1) is 0 Å². The van der Waals surface area contributed by atoms with Gasteiger partial charge in [0.25, 0.3) is 0 Å². The maximum Gasteiger partial charge on any atom is -0.0141 e. The van der Waals surface area contributed by atoms with Gasteiger partial charge in [-0.1, -0.05) is 60.7 Å². The molecule has 0 atom stereocenters. The van der Waals surface area contributed by atoms with E-state index in [-0.39, 0.29) is 0 Å². The molecule has 16 heavy (non-hydrogen) atoms. The number of hydrogen-bond donors (Lipinski definition) is 0. The molecular formula is C16H16. The molecule has 2 rings (SSSR count). The first-order valence-corrected chi connectivity index (χ1v) is 5.55. The second-order valence-electron chi connectivity index (χ2n) is 4.17. The fourth-order valence-electron chi connectivity index (χ4n) is 1.71. The highest BCUT2D eigenvalue weighted by Crippen LogP contribution is 2.16. The monoisotopic (exact) mass is 208 g/mol. The van der Waals surface area contributed by atoms with Crippen molar-refractivity contribution in [2.45, 2.75) is 13.3 Å². The van der Waals surface area contributed by atoms with Gasteiger partial charge >= 0.3 is 0 Å². The van der Waals surface area contributed by atoms with Gasteiger partial charge < -0.3 is 0 Å². The molecule has 0 aliphatic rings. The van der Waals surface area contributed by atoms with Crippen molar-refractivity contribution in [3.05, 3.63) is 66.3 Å². The van der Waals surface area contributed by atoms with E-state index in [1.54, 1.807) is 0 Å². The van der Waals surface area contributed by atoms with Crippen molar-refractivity contribution in [1.82, 2.24) is 0 Å². The molecule has 0 aliphatic carbocycles. The van der Waals surface area contributed by atoms with E-state index in [0.29, 0.717) is 0 Å². The standard InChI is InChI=1S/C16H16/c1-13(2)6-5-7-14-10-11-15-8-3-4-9-16(15)12-14/h3-5,7-12H,1,6H2,2H3/b7-5+. The first-order valence-electron chi connectivity index (χ1n) is 5.55. The highest BCUT2D eigenvalue weighted by Gasteiger charge is 1.92. The van der Waals surface area contributed by atoms with Gasteiger partial charge in [0.1, 0.15) is 0 Å². The highest BCUT2D eigenvalue weighted by molar-refractivity contribution is 5.84. The Morgan fingerprint density at radius 2 is 1.88 bits per heavy atom. The Morgan fingerprint density at radius 3 is 2.62 bits per heavy atom. The van der Waals surface area contributed by atoms with Gasteiger partial charge in [-0.2, -0.15) is 0 Å². The second kappa shape index (κ2) is 4.80. The van der Waals surface area contributed by atoms with Crippen LogP contribution in [0.5, 0.6) is 0 Å². The molecule has 2 aromatic carbocycles. The molecule has 80 valence electrons. The zero-order valence-electron chi connectivity index (χ0n) is 9.61. The van der Waals surface area contributed by atoms with Crippen molar-refractivity contribution in [1.29, 1.82) is 0 Å². The van der Waals surface area contributed by atoms with Crippen LogP contribution >= 0.6 is 0 Å². The van der Waals surface area contributed by atoms with Crippen LogP contribution in [0, 0.1) is 0 Å². The van der Waals surface area contributed by atoms with Crippen LogP contribution in [0.2, 0.25) is 0 Å². The van der Waals surface area contributed by atoms with Crippen molar-refractivity contribution in [3.63, 3.8) is 0 Å². The molecular weight excluding hydrogens is 192 g/mol. The molecule has 0 heteroatoms. The molecule has 0 saturated heterocycles. The third kappa shape index (κ3) is 2.60. The summed E-state index contributed by atoms with van der Waals surface area (Å²) in [6.07, 6.45) is 5.26. The van der Waals surface area contributed by atoms with Crippen molar-refractivity contribution >= 4 is 16.8 Å². The van der Waals surface area contributed by atoms with Gasteiger partial charge in [-0.25, -0.2) is 0 Å². The summed E-state index contributed by atoms with van der Waals surface area (Å²) in [5, 5.41) is 2.58. The van der Waals surface area contributed by atoms with E-state index in [1.807, 2.05) is 6.92 Å². The smallest absolute Gasteiger partial charge is 0.0141 e. The van der Waals surface area contributed by atoms with E-state index < -0.39 is 0 Å². The maximum absolute atomic E-state index is 3.88. The molecule has 0 aromatic heterocycles. The predicted molar refractivity (Wildman–Crippen MR) is 72.4 cm³/mol. The van der Waals surface area contributed by atoms with Gasteiger partial charge in [-0.05, 0) is 35.7 Å². The number of hydrogen-bond acceptors (Lipinski definition) is 0. The van der Waals surface area contributed by atoms with Crippen LogP contribution in [0.15, 0.2) is 60.7 Å². The minimum absolute atomic E-state index is 0.951. The van der Waals surface area contributed by atoms with Gasteiger partial charge in [0.2, 0.25) is 0 Å². The molecule has 0 radical (unpaired) electrons. The Hall–Kier alpha value is -1.82. The molecule has 0 spiro atoms.